The first-order valence-corrected chi connectivity index (χ1v) is 10.0. The fourth-order valence-corrected chi connectivity index (χ4v) is 3.13. The first kappa shape index (κ1) is 22.9. The third kappa shape index (κ3) is 5.55. The zero-order valence-corrected chi connectivity index (χ0v) is 17.8. The highest BCUT2D eigenvalue weighted by Crippen LogP contribution is 2.24. The number of alkyl halides is 3. The second-order valence-corrected chi connectivity index (χ2v) is 7.33. The van der Waals surface area contributed by atoms with E-state index < -0.39 is 24.6 Å². The molecule has 34 heavy (non-hydrogen) atoms. The molecule has 7 nitrogen and oxygen atoms in total. The molecule has 0 fully saturated rings. The van der Waals surface area contributed by atoms with Crippen molar-refractivity contribution >= 4 is 17.5 Å². The summed E-state index contributed by atoms with van der Waals surface area (Å²) in [7, 11) is 1.70. The van der Waals surface area contributed by atoms with Gasteiger partial charge in [-0.15, -0.1) is 5.10 Å². The summed E-state index contributed by atoms with van der Waals surface area (Å²) in [6, 6.07) is 16.3. The number of pyridine rings is 1. The maximum absolute atomic E-state index is 13.3. The van der Waals surface area contributed by atoms with Crippen molar-refractivity contribution in [3.8, 4) is 22.5 Å². The standard InChI is InChI=1S/C23H18F4N6O/c1-33-22(30-18-8-6-14(7-9-18)17-10-11-28-19(24)12-17)31-20(32-33)15-2-4-16(5-3-15)21(34)29-13-23(25,26)27/h2-12H,13H2,1H3,(H,29,34)(H,30,31,32). The largest absolute Gasteiger partial charge is 0.405 e. The van der Waals surface area contributed by atoms with Crippen LogP contribution < -0.4 is 10.6 Å². The number of aryl methyl sites for hydroxylation is 1. The van der Waals surface area contributed by atoms with Crippen LogP contribution in [0.2, 0.25) is 0 Å². The van der Waals surface area contributed by atoms with Gasteiger partial charge in [0, 0.05) is 36.1 Å². The van der Waals surface area contributed by atoms with E-state index in [2.05, 4.69) is 20.4 Å². The number of carbonyl (C=O) groups excluding carboxylic acids is 1. The van der Waals surface area contributed by atoms with Crippen molar-refractivity contribution in [3.05, 3.63) is 78.4 Å². The average Bonchev–Trinajstić information content (AvgIpc) is 3.17. The molecule has 0 unspecified atom stereocenters. The fraction of sp³-hybridized carbons (Fsp3) is 0.130. The van der Waals surface area contributed by atoms with Crippen molar-refractivity contribution in [1.29, 1.82) is 0 Å². The van der Waals surface area contributed by atoms with Gasteiger partial charge in [-0.1, -0.05) is 24.3 Å². The molecule has 2 N–H and O–H groups in total. The molecule has 0 spiro atoms. The molecule has 0 saturated carbocycles. The topological polar surface area (TPSA) is 84.7 Å². The number of hydrogen-bond donors (Lipinski definition) is 2. The van der Waals surface area contributed by atoms with E-state index in [1.54, 1.807) is 25.2 Å². The molecular formula is C23H18F4N6O. The Labute approximate surface area is 191 Å². The Morgan fingerprint density at radius 3 is 2.29 bits per heavy atom. The van der Waals surface area contributed by atoms with Gasteiger partial charge in [-0.05, 0) is 41.5 Å². The molecule has 11 heteroatoms. The minimum absolute atomic E-state index is 0.0939. The molecule has 0 aliphatic heterocycles. The van der Waals surface area contributed by atoms with E-state index in [-0.39, 0.29) is 5.56 Å². The predicted molar refractivity (Wildman–Crippen MR) is 118 cm³/mol. The molecule has 0 saturated heterocycles. The Hall–Kier alpha value is -4.28. The van der Waals surface area contributed by atoms with Crippen LogP contribution in [0.5, 0.6) is 0 Å². The van der Waals surface area contributed by atoms with Crippen LogP contribution in [0.1, 0.15) is 10.4 Å². The van der Waals surface area contributed by atoms with Crippen LogP contribution in [0.25, 0.3) is 22.5 Å². The van der Waals surface area contributed by atoms with Crippen LogP contribution in [0, 0.1) is 5.95 Å². The first-order chi connectivity index (χ1) is 16.2. The molecule has 0 bridgehead atoms. The molecule has 0 radical (unpaired) electrons. The van der Waals surface area contributed by atoms with Gasteiger partial charge in [-0.2, -0.15) is 22.5 Å². The summed E-state index contributed by atoms with van der Waals surface area (Å²) >= 11 is 0. The van der Waals surface area contributed by atoms with Gasteiger partial charge in [0.15, 0.2) is 5.82 Å². The molecular weight excluding hydrogens is 452 g/mol. The minimum atomic E-state index is -4.48. The lowest BCUT2D eigenvalue weighted by molar-refractivity contribution is -0.123. The maximum Gasteiger partial charge on any atom is 0.405 e. The summed E-state index contributed by atoms with van der Waals surface area (Å²) in [4.78, 5) is 19.8. The molecule has 174 valence electrons. The number of rotatable bonds is 6. The average molecular weight is 470 g/mol. The zero-order valence-electron chi connectivity index (χ0n) is 17.8. The fourth-order valence-electron chi connectivity index (χ4n) is 3.13. The van der Waals surface area contributed by atoms with E-state index in [0.29, 0.717) is 22.9 Å². The van der Waals surface area contributed by atoms with Gasteiger partial charge in [0.25, 0.3) is 5.91 Å². The van der Waals surface area contributed by atoms with Gasteiger partial charge in [0.2, 0.25) is 11.9 Å². The smallest absolute Gasteiger partial charge is 0.343 e. The van der Waals surface area contributed by atoms with E-state index >= 15 is 0 Å². The SMILES string of the molecule is Cn1nc(-c2ccc(C(=O)NCC(F)(F)F)cc2)nc1Nc1ccc(-c2ccnc(F)c2)cc1. The maximum atomic E-state index is 13.3. The summed E-state index contributed by atoms with van der Waals surface area (Å²) in [6.07, 6.45) is -3.08. The number of aromatic nitrogens is 4. The Morgan fingerprint density at radius 2 is 1.65 bits per heavy atom. The highest BCUT2D eigenvalue weighted by Gasteiger charge is 2.27. The van der Waals surface area contributed by atoms with Crippen molar-refractivity contribution in [1.82, 2.24) is 25.1 Å². The molecule has 2 aromatic carbocycles. The lowest BCUT2D eigenvalue weighted by Gasteiger charge is -2.08. The number of amides is 1. The Morgan fingerprint density at radius 1 is 0.971 bits per heavy atom. The van der Waals surface area contributed by atoms with Gasteiger partial charge in [-0.25, -0.2) is 9.67 Å². The third-order valence-corrected chi connectivity index (χ3v) is 4.82. The van der Waals surface area contributed by atoms with Crippen LogP contribution in [0.3, 0.4) is 0 Å². The van der Waals surface area contributed by atoms with E-state index in [1.807, 2.05) is 29.6 Å². The number of nitrogens with one attached hydrogen (secondary N) is 2. The predicted octanol–water partition coefficient (Wildman–Crippen LogP) is 4.72. The number of carbonyl (C=O) groups is 1. The van der Waals surface area contributed by atoms with E-state index in [4.69, 9.17) is 0 Å². The second-order valence-electron chi connectivity index (χ2n) is 7.33. The second kappa shape index (κ2) is 9.30. The molecule has 0 aliphatic rings. The van der Waals surface area contributed by atoms with Gasteiger partial charge in [0.1, 0.15) is 6.54 Å². The number of halogens is 4. The van der Waals surface area contributed by atoms with Crippen LogP contribution in [-0.2, 0) is 7.05 Å². The van der Waals surface area contributed by atoms with Crippen molar-refractivity contribution < 1.29 is 22.4 Å². The van der Waals surface area contributed by atoms with E-state index in [0.717, 1.165) is 11.3 Å². The molecule has 4 rings (SSSR count). The Bertz CT molecular complexity index is 1300. The van der Waals surface area contributed by atoms with E-state index in [1.165, 1.54) is 29.1 Å². The summed E-state index contributed by atoms with van der Waals surface area (Å²) in [5.41, 5.74) is 2.94. The number of hydrogen-bond acceptors (Lipinski definition) is 5. The van der Waals surface area contributed by atoms with Crippen LogP contribution in [0.4, 0.5) is 29.2 Å². The van der Waals surface area contributed by atoms with Crippen molar-refractivity contribution in [3.63, 3.8) is 0 Å². The Kier molecular flexibility index (Phi) is 6.26. The summed E-state index contributed by atoms with van der Waals surface area (Å²) in [5.74, 6) is -0.555. The quantitative estimate of drug-likeness (QED) is 0.315. The van der Waals surface area contributed by atoms with Crippen molar-refractivity contribution in [2.24, 2.45) is 7.05 Å². The Balaban J connectivity index is 1.45. The number of nitrogens with zero attached hydrogens (tertiary/aromatic N) is 4. The van der Waals surface area contributed by atoms with Crippen LogP contribution >= 0.6 is 0 Å². The molecule has 0 atom stereocenters. The van der Waals surface area contributed by atoms with Crippen LogP contribution in [0.15, 0.2) is 66.9 Å². The highest BCUT2D eigenvalue weighted by atomic mass is 19.4. The summed E-state index contributed by atoms with van der Waals surface area (Å²) in [6.45, 7) is -1.40. The third-order valence-electron chi connectivity index (χ3n) is 4.82. The molecule has 4 aromatic rings. The van der Waals surface area contributed by atoms with Gasteiger partial charge in [-0.3, -0.25) is 4.79 Å². The summed E-state index contributed by atoms with van der Waals surface area (Å²) in [5, 5.41) is 9.31. The molecule has 1 amide bonds. The van der Waals surface area contributed by atoms with Gasteiger partial charge >= 0.3 is 6.18 Å². The zero-order chi connectivity index (χ0) is 24.3. The van der Waals surface area contributed by atoms with Crippen molar-refractivity contribution in [2.75, 3.05) is 11.9 Å². The van der Waals surface area contributed by atoms with Crippen LogP contribution in [-0.4, -0.2) is 38.4 Å². The number of benzene rings is 2. The van der Waals surface area contributed by atoms with Gasteiger partial charge in [0.05, 0.1) is 0 Å². The molecule has 0 aliphatic carbocycles. The lowest BCUT2D eigenvalue weighted by atomic mass is 10.1. The normalized spacial score (nSPS) is 11.3. The van der Waals surface area contributed by atoms with E-state index in [9.17, 15) is 22.4 Å². The first-order valence-electron chi connectivity index (χ1n) is 10.0. The minimum Gasteiger partial charge on any atom is -0.343 e. The highest BCUT2D eigenvalue weighted by molar-refractivity contribution is 5.94. The van der Waals surface area contributed by atoms with Gasteiger partial charge < -0.3 is 10.6 Å². The van der Waals surface area contributed by atoms with Crippen molar-refractivity contribution in [2.45, 2.75) is 6.18 Å². The molecule has 2 heterocycles. The number of anilines is 2. The monoisotopic (exact) mass is 470 g/mol. The summed E-state index contributed by atoms with van der Waals surface area (Å²) < 4.78 is 51.7. The molecule has 2 aromatic heterocycles. The lowest BCUT2D eigenvalue weighted by Crippen LogP contribution is -2.33.